The fourth-order valence-electron chi connectivity index (χ4n) is 3.54. The van der Waals surface area contributed by atoms with Gasteiger partial charge in [0.15, 0.2) is 5.82 Å². The Morgan fingerprint density at radius 2 is 1.81 bits per heavy atom. The van der Waals surface area contributed by atoms with Crippen molar-refractivity contribution in [3.63, 3.8) is 0 Å². The van der Waals surface area contributed by atoms with Gasteiger partial charge in [-0.15, -0.1) is 9.19 Å². The summed E-state index contributed by atoms with van der Waals surface area (Å²) in [5.74, 6) is 1.48. The molecule has 1 N–H and O–H groups in total. The number of amides is 1. The molecule has 27 heavy (non-hydrogen) atoms. The summed E-state index contributed by atoms with van der Waals surface area (Å²) in [7, 11) is -3.73. The molecule has 2 aromatic rings. The van der Waals surface area contributed by atoms with E-state index in [2.05, 4.69) is 15.4 Å². The molecule has 0 radical (unpaired) electrons. The molecule has 0 saturated heterocycles. The van der Waals surface area contributed by atoms with E-state index < -0.39 is 10.0 Å². The Labute approximate surface area is 159 Å². The average Bonchev–Trinajstić information content (AvgIpc) is 3.17. The minimum absolute atomic E-state index is 0.0637. The van der Waals surface area contributed by atoms with Crippen LogP contribution in [0.2, 0.25) is 0 Å². The lowest BCUT2D eigenvalue weighted by Crippen LogP contribution is -2.24. The minimum Gasteiger partial charge on any atom is -0.352 e. The quantitative estimate of drug-likeness (QED) is 0.787. The lowest BCUT2D eigenvalue weighted by Gasteiger charge is -2.10. The fourth-order valence-corrected chi connectivity index (χ4v) is 4.60. The van der Waals surface area contributed by atoms with Gasteiger partial charge in [0.1, 0.15) is 6.33 Å². The first kappa shape index (κ1) is 18.2. The Kier molecular flexibility index (Phi) is 4.99. The van der Waals surface area contributed by atoms with E-state index >= 15 is 0 Å². The molecule has 8 heteroatoms. The molecule has 2 saturated carbocycles. The van der Waals surface area contributed by atoms with Crippen molar-refractivity contribution in [2.45, 2.75) is 62.3 Å². The topological polar surface area (TPSA) is 94.0 Å². The smallest absolute Gasteiger partial charge is 0.284 e. The zero-order valence-corrected chi connectivity index (χ0v) is 16.0. The standard InChI is InChI=1S/C19H24N4O3S/c24-18(11-14-3-1-2-4-14)20-12-15-5-9-17(10-6-15)27(25,26)23-13-21-19(22-23)16-7-8-16/h5-6,9-10,13-14,16H,1-4,7-8,11-12H2,(H,20,24). The predicted octanol–water partition coefficient (Wildman–Crippen LogP) is 2.59. The van der Waals surface area contributed by atoms with Gasteiger partial charge in [-0.2, -0.15) is 8.42 Å². The first-order valence-electron chi connectivity index (χ1n) is 9.55. The highest BCUT2D eigenvalue weighted by Gasteiger charge is 2.29. The first-order valence-corrected chi connectivity index (χ1v) is 11.0. The highest BCUT2D eigenvalue weighted by Crippen LogP contribution is 2.37. The molecule has 7 nitrogen and oxygen atoms in total. The lowest BCUT2D eigenvalue weighted by molar-refractivity contribution is -0.122. The Hall–Kier alpha value is -2.22. The number of hydrogen-bond donors (Lipinski definition) is 1. The number of hydrogen-bond acceptors (Lipinski definition) is 5. The molecule has 1 aromatic carbocycles. The predicted molar refractivity (Wildman–Crippen MR) is 99.4 cm³/mol. The maximum absolute atomic E-state index is 12.7. The summed E-state index contributed by atoms with van der Waals surface area (Å²) < 4.78 is 26.2. The third-order valence-electron chi connectivity index (χ3n) is 5.34. The van der Waals surface area contributed by atoms with Gasteiger partial charge >= 0.3 is 0 Å². The van der Waals surface area contributed by atoms with Gasteiger partial charge in [0.2, 0.25) is 5.91 Å². The summed E-state index contributed by atoms with van der Waals surface area (Å²) >= 11 is 0. The fraction of sp³-hybridized carbons (Fsp3) is 0.526. The highest BCUT2D eigenvalue weighted by atomic mass is 32.2. The molecule has 1 aromatic heterocycles. The molecule has 4 rings (SSSR count). The molecule has 144 valence electrons. The molecule has 0 unspecified atom stereocenters. The third-order valence-corrected chi connectivity index (χ3v) is 6.87. The summed E-state index contributed by atoms with van der Waals surface area (Å²) in [5.41, 5.74) is 0.867. The van der Waals surface area contributed by atoms with Crippen LogP contribution >= 0.6 is 0 Å². The van der Waals surface area contributed by atoms with Crippen LogP contribution in [-0.2, 0) is 21.4 Å². The molecule has 0 spiro atoms. The number of benzene rings is 1. The summed E-state index contributed by atoms with van der Waals surface area (Å²) in [6.45, 7) is 0.404. The zero-order chi connectivity index (χ0) is 18.9. The summed E-state index contributed by atoms with van der Waals surface area (Å²) in [5, 5.41) is 7.03. The number of nitrogens with one attached hydrogen (secondary N) is 1. The molecule has 2 aliphatic carbocycles. The van der Waals surface area contributed by atoms with E-state index in [0.717, 1.165) is 35.3 Å². The van der Waals surface area contributed by atoms with Crippen LogP contribution in [0, 0.1) is 5.92 Å². The van der Waals surface area contributed by atoms with E-state index in [4.69, 9.17) is 0 Å². The van der Waals surface area contributed by atoms with Gasteiger partial charge in [-0.3, -0.25) is 4.79 Å². The van der Waals surface area contributed by atoms with Crippen LogP contribution in [0.25, 0.3) is 0 Å². The highest BCUT2D eigenvalue weighted by molar-refractivity contribution is 7.89. The van der Waals surface area contributed by atoms with Crippen LogP contribution in [0.5, 0.6) is 0 Å². The molecular weight excluding hydrogens is 364 g/mol. The van der Waals surface area contributed by atoms with Gasteiger partial charge in [0.25, 0.3) is 10.0 Å². The minimum atomic E-state index is -3.73. The summed E-state index contributed by atoms with van der Waals surface area (Å²) in [6.07, 6.45) is 8.62. The van der Waals surface area contributed by atoms with Crippen LogP contribution in [0.3, 0.4) is 0 Å². The van der Waals surface area contributed by atoms with Gasteiger partial charge < -0.3 is 5.32 Å². The van der Waals surface area contributed by atoms with Crippen LogP contribution in [0.1, 0.15) is 62.3 Å². The van der Waals surface area contributed by atoms with Crippen molar-refractivity contribution in [1.82, 2.24) is 19.5 Å². The Bertz CT molecular complexity index is 911. The SMILES string of the molecule is O=C(CC1CCCC1)NCc1ccc(S(=O)(=O)n2cnc(C3CC3)n2)cc1. The first-order chi connectivity index (χ1) is 13.0. The van der Waals surface area contributed by atoms with Gasteiger partial charge in [-0.05, 0) is 49.3 Å². The van der Waals surface area contributed by atoms with Crippen molar-refractivity contribution >= 4 is 15.9 Å². The monoisotopic (exact) mass is 388 g/mol. The van der Waals surface area contributed by atoms with E-state index in [1.54, 1.807) is 24.3 Å². The van der Waals surface area contributed by atoms with Crippen LogP contribution < -0.4 is 5.32 Å². The number of aromatic nitrogens is 3. The largest absolute Gasteiger partial charge is 0.352 e. The van der Waals surface area contributed by atoms with Crippen molar-refractivity contribution < 1.29 is 13.2 Å². The van der Waals surface area contributed by atoms with Crippen LogP contribution in [0.4, 0.5) is 0 Å². The van der Waals surface area contributed by atoms with Crippen LogP contribution in [-0.4, -0.2) is 28.5 Å². The molecule has 1 amide bonds. The molecule has 2 fully saturated rings. The maximum Gasteiger partial charge on any atom is 0.284 e. The molecule has 0 aliphatic heterocycles. The van der Waals surface area contributed by atoms with Gasteiger partial charge in [-0.25, -0.2) is 4.98 Å². The third kappa shape index (κ3) is 4.21. The second kappa shape index (κ2) is 7.42. The Morgan fingerprint density at radius 3 is 2.48 bits per heavy atom. The Balaban J connectivity index is 1.36. The number of carbonyl (C=O) groups excluding carboxylic acids is 1. The van der Waals surface area contributed by atoms with Crippen molar-refractivity contribution in [1.29, 1.82) is 0 Å². The van der Waals surface area contributed by atoms with Crippen molar-refractivity contribution in [3.8, 4) is 0 Å². The number of rotatable bonds is 7. The van der Waals surface area contributed by atoms with Gasteiger partial charge in [-0.1, -0.05) is 25.0 Å². The molecular formula is C19H24N4O3S. The second-order valence-electron chi connectivity index (χ2n) is 7.53. The van der Waals surface area contributed by atoms with E-state index in [9.17, 15) is 13.2 Å². The molecule has 0 atom stereocenters. The van der Waals surface area contributed by atoms with E-state index in [1.165, 1.54) is 19.2 Å². The molecule has 1 heterocycles. The van der Waals surface area contributed by atoms with Gasteiger partial charge in [0, 0.05) is 18.9 Å². The lowest BCUT2D eigenvalue weighted by atomic mass is 10.0. The zero-order valence-electron chi connectivity index (χ0n) is 15.2. The molecule has 2 aliphatic rings. The second-order valence-corrected chi connectivity index (χ2v) is 9.33. The number of nitrogens with zero attached hydrogens (tertiary/aromatic N) is 3. The van der Waals surface area contributed by atoms with Crippen molar-refractivity contribution in [3.05, 3.63) is 42.0 Å². The van der Waals surface area contributed by atoms with E-state index in [0.29, 0.717) is 30.6 Å². The van der Waals surface area contributed by atoms with E-state index in [1.807, 2.05) is 0 Å². The van der Waals surface area contributed by atoms with Gasteiger partial charge in [0.05, 0.1) is 4.90 Å². The van der Waals surface area contributed by atoms with Crippen molar-refractivity contribution in [2.75, 3.05) is 0 Å². The average molecular weight is 388 g/mol. The number of carbonyl (C=O) groups is 1. The maximum atomic E-state index is 12.7. The summed E-state index contributed by atoms with van der Waals surface area (Å²) in [4.78, 5) is 16.3. The van der Waals surface area contributed by atoms with Crippen molar-refractivity contribution in [2.24, 2.45) is 5.92 Å². The summed E-state index contributed by atoms with van der Waals surface area (Å²) in [6, 6.07) is 6.54. The normalized spacial score (nSPS) is 17.9. The van der Waals surface area contributed by atoms with E-state index in [-0.39, 0.29) is 10.8 Å². The molecule has 0 bridgehead atoms. The van der Waals surface area contributed by atoms with Crippen LogP contribution in [0.15, 0.2) is 35.5 Å². The Morgan fingerprint density at radius 1 is 1.11 bits per heavy atom.